The fourth-order valence-corrected chi connectivity index (χ4v) is 3.40. The molecule has 0 bridgehead atoms. The van der Waals surface area contributed by atoms with E-state index in [1.165, 1.54) is 13.8 Å². The lowest BCUT2D eigenvalue weighted by molar-refractivity contribution is -0.147. The standard InChI is InChI=1S/C14H23N3O6S/c1-5-6-9(2)16-12(18)8-22-13(19)7-15-24(20,21)14-10(3)17-23-11(14)4/h9,15H,5-8H2,1-4H3,(H,16,18)/t9-/m1/s1. The number of aromatic nitrogens is 1. The van der Waals surface area contributed by atoms with Crippen molar-refractivity contribution in [1.82, 2.24) is 15.2 Å². The summed E-state index contributed by atoms with van der Waals surface area (Å²) < 4.78 is 35.8. The summed E-state index contributed by atoms with van der Waals surface area (Å²) in [6, 6.07) is -0.0146. The van der Waals surface area contributed by atoms with Crippen molar-refractivity contribution in [3.05, 3.63) is 11.5 Å². The third kappa shape index (κ3) is 5.93. The fraction of sp³-hybridized carbons (Fsp3) is 0.643. The van der Waals surface area contributed by atoms with Gasteiger partial charge in [0.15, 0.2) is 12.4 Å². The zero-order valence-electron chi connectivity index (χ0n) is 14.2. The first-order valence-corrected chi connectivity index (χ1v) is 9.03. The zero-order chi connectivity index (χ0) is 18.3. The minimum absolute atomic E-state index is 0.0146. The molecular formula is C14H23N3O6S. The maximum Gasteiger partial charge on any atom is 0.321 e. The highest BCUT2D eigenvalue weighted by molar-refractivity contribution is 7.89. The Hall–Kier alpha value is -1.94. The van der Waals surface area contributed by atoms with Crippen molar-refractivity contribution in [2.75, 3.05) is 13.2 Å². The molecule has 9 nitrogen and oxygen atoms in total. The van der Waals surface area contributed by atoms with E-state index in [4.69, 9.17) is 9.26 Å². The van der Waals surface area contributed by atoms with Crippen molar-refractivity contribution in [2.45, 2.75) is 51.5 Å². The summed E-state index contributed by atoms with van der Waals surface area (Å²) in [6.07, 6.45) is 1.74. The van der Waals surface area contributed by atoms with E-state index in [0.717, 1.165) is 12.8 Å². The second-order valence-corrected chi connectivity index (χ2v) is 7.10. The first-order valence-electron chi connectivity index (χ1n) is 7.54. The van der Waals surface area contributed by atoms with Crippen LogP contribution in [-0.2, 0) is 24.3 Å². The molecule has 0 radical (unpaired) electrons. The summed E-state index contributed by atoms with van der Waals surface area (Å²) in [4.78, 5) is 23.0. The minimum atomic E-state index is -3.95. The van der Waals surface area contributed by atoms with E-state index < -0.39 is 35.1 Å². The molecular weight excluding hydrogens is 338 g/mol. The van der Waals surface area contributed by atoms with Gasteiger partial charge in [-0.15, -0.1) is 0 Å². The highest BCUT2D eigenvalue weighted by Crippen LogP contribution is 2.18. The van der Waals surface area contributed by atoms with Crippen LogP contribution in [0.1, 0.15) is 38.1 Å². The maximum atomic E-state index is 12.1. The van der Waals surface area contributed by atoms with Crippen molar-refractivity contribution in [3.8, 4) is 0 Å². The van der Waals surface area contributed by atoms with Crippen molar-refractivity contribution in [2.24, 2.45) is 0 Å². The molecule has 1 aromatic heterocycles. The van der Waals surface area contributed by atoms with Crippen LogP contribution in [0.3, 0.4) is 0 Å². The second kappa shape index (κ2) is 8.78. The van der Waals surface area contributed by atoms with E-state index in [0.29, 0.717) is 0 Å². The maximum absolute atomic E-state index is 12.1. The zero-order valence-corrected chi connectivity index (χ0v) is 15.0. The van der Waals surface area contributed by atoms with E-state index in [9.17, 15) is 18.0 Å². The van der Waals surface area contributed by atoms with Gasteiger partial charge in [0, 0.05) is 6.04 Å². The predicted octanol–water partition coefficient (Wildman–Crippen LogP) is 0.418. The van der Waals surface area contributed by atoms with Gasteiger partial charge in [-0.05, 0) is 27.2 Å². The number of hydrogen-bond acceptors (Lipinski definition) is 7. The van der Waals surface area contributed by atoms with E-state index in [1.54, 1.807) is 0 Å². The predicted molar refractivity (Wildman–Crippen MR) is 84.6 cm³/mol. The van der Waals surface area contributed by atoms with Crippen molar-refractivity contribution in [1.29, 1.82) is 0 Å². The van der Waals surface area contributed by atoms with Crippen LogP contribution < -0.4 is 10.0 Å². The number of sulfonamides is 1. The Morgan fingerprint density at radius 2 is 2.00 bits per heavy atom. The lowest BCUT2D eigenvalue weighted by Crippen LogP contribution is -2.37. The van der Waals surface area contributed by atoms with E-state index >= 15 is 0 Å². The first kappa shape index (κ1) is 20.1. The SMILES string of the molecule is CCC[C@@H](C)NC(=O)COC(=O)CNS(=O)(=O)c1c(C)noc1C. The molecule has 136 valence electrons. The third-order valence-electron chi connectivity index (χ3n) is 3.14. The van der Waals surface area contributed by atoms with E-state index in [-0.39, 0.29) is 22.4 Å². The number of amides is 1. The topological polar surface area (TPSA) is 128 Å². The Balaban J connectivity index is 2.45. The number of nitrogens with one attached hydrogen (secondary N) is 2. The average Bonchev–Trinajstić information content (AvgIpc) is 2.83. The first-order chi connectivity index (χ1) is 11.2. The Morgan fingerprint density at radius 3 is 2.54 bits per heavy atom. The number of esters is 1. The van der Waals surface area contributed by atoms with Gasteiger partial charge >= 0.3 is 5.97 Å². The molecule has 0 aliphatic heterocycles. The van der Waals surface area contributed by atoms with Crippen molar-refractivity contribution in [3.63, 3.8) is 0 Å². The molecule has 10 heteroatoms. The quantitative estimate of drug-likeness (QED) is 0.610. The smallest absolute Gasteiger partial charge is 0.321 e. The summed E-state index contributed by atoms with van der Waals surface area (Å²) in [6.45, 7) is 5.72. The molecule has 2 N–H and O–H groups in total. The van der Waals surface area contributed by atoms with Gasteiger partial charge in [0.2, 0.25) is 10.0 Å². The molecule has 0 aliphatic carbocycles. The summed E-state index contributed by atoms with van der Waals surface area (Å²) in [7, 11) is -3.95. The molecule has 0 fully saturated rings. The van der Waals surface area contributed by atoms with Gasteiger partial charge in [0.05, 0.1) is 0 Å². The molecule has 1 rings (SSSR count). The number of aryl methyl sites for hydroxylation is 2. The van der Waals surface area contributed by atoms with Gasteiger partial charge in [-0.3, -0.25) is 9.59 Å². The highest BCUT2D eigenvalue weighted by Gasteiger charge is 2.25. The van der Waals surface area contributed by atoms with Gasteiger partial charge < -0.3 is 14.6 Å². The monoisotopic (exact) mass is 361 g/mol. The molecule has 1 heterocycles. The largest absolute Gasteiger partial charge is 0.455 e. The number of carbonyl (C=O) groups excluding carboxylic acids is 2. The van der Waals surface area contributed by atoms with Gasteiger partial charge in [-0.1, -0.05) is 18.5 Å². The van der Waals surface area contributed by atoms with Crippen LogP contribution in [0.2, 0.25) is 0 Å². The molecule has 0 aliphatic rings. The average molecular weight is 361 g/mol. The summed E-state index contributed by atoms with van der Waals surface area (Å²) in [5.41, 5.74) is 0.192. The molecule has 24 heavy (non-hydrogen) atoms. The highest BCUT2D eigenvalue weighted by atomic mass is 32.2. The number of hydrogen-bond donors (Lipinski definition) is 2. The fourth-order valence-electron chi connectivity index (χ4n) is 2.10. The number of carbonyl (C=O) groups is 2. The minimum Gasteiger partial charge on any atom is -0.455 e. The molecule has 0 spiro atoms. The van der Waals surface area contributed by atoms with Crippen LogP contribution in [0.25, 0.3) is 0 Å². The van der Waals surface area contributed by atoms with Crippen LogP contribution in [0, 0.1) is 13.8 Å². The molecule has 0 saturated carbocycles. The number of nitrogens with zero attached hydrogens (tertiary/aromatic N) is 1. The van der Waals surface area contributed by atoms with Crippen LogP contribution in [0.5, 0.6) is 0 Å². The Labute approximate surface area is 141 Å². The van der Waals surface area contributed by atoms with Crippen LogP contribution in [0.15, 0.2) is 9.42 Å². The van der Waals surface area contributed by atoms with Crippen LogP contribution in [-0.4, -0.2) is 44.6 Å². The Bertz CT molecular complexity index is 663. The Kier molecular flexibility index (Phi) is 7.36. The van der Waals surface area contributed by atoms with E-state index in [1.807, 2.05) is 13.8 Å². The normalized spacial score (nSPS) is 12.7. The third-order valence-corrected chi connectivity index (χ3v) is 4.78. The summed E-state index contributed by atoms with van der Waals surface area (Å²) in [5, 5.41) is 6.22. The van der Waals surface area contributed by atoms with Gasteiger partial charge in [-0.25, -0.2) is 8.42 Å². The summed E-state index contributed by atoms with van der Waals surface area (Å²) >= 11 is 0. The number of rotatable bonds is 9. The summed E-state index contributed by atoms with van der Waals surface area (Å²) in [5.74, 6) is -1.17. The van der Waals surface area contributed by atoms with Gasteiger partial charge in [-0.2, -0.15) is 4.72 Å². The van der Waals surface area contributed by atoms with Gasteiger partial charge in [0.25, 0.3) is 5.91 Å². The van der Waals surface area contributed by atoms with Crippen molar-refractivity contribution < 1.29 is 27.3 Å². The van der Waals surface area contributed by atoms with Crippen LogP contribution in [0.4, 0.5) is 0 Å². The second-order valence-electron chi connectivity index (χ2n) is 5.40. The number of ether oxygens (including phenoxy) is 1. The molecule has 0 saturated heterocycles. The molecule has 0 unspecified atom stereocenters. The lowest BCUT2D eigenvalue weighted by Gasteiger charge is -2.12. The molecule has 1 amide bonds. The van der Waals surface area contributed by atoms with Gasteiger partial charge in [0.1, 0.15) is 17.1 Å². The van der Waals surface area contributed by atoms with Crippen LogP contribution >= 0.6 is 0 Å². The Morgan fingerprint density at radius 1 is 1.33 bits per heavy atom. The molecule has 0 aromatic carbocycles. The lowest BCUT2D eigenvalue weighted by atomic mass is 10.2. The van der Waals surface area contributed by atoms with E-state index in [2.05, 4.69) is 15.2 Å². The van der Waals surface area contributed by atoms with Crippen molar-refractivity contribution >= 4 is 21.9 Å². The molecule has 1 aromatic rings. The molecule has 1 atom stereocenters.